The second-order valence-electron chi connectivity index (χ2n) is 2.89. The molecule has 0 aliphatic heterocycles. The molecule has 1 aromatic rings. The van der Waals surface area contributed by atoms with Gasteiger partial charge in [0.05, 0.1) is 0 Å². The van der Waals surface area contributed by atoms with Crippen molar-refractivity contribution in [2.45, 2.75) is 4.90 Å². The summed E-state index contributed by atoms with van der Waals surface area (Å²) < 4.78 is 90.0. The van der Waals surface area contributed by atoms with E-state index in [4.69, 9.17) is 0 Å². The minimum absolute atomic E-state index is 0.913. The molecular formula is C8H4BrF5O3S. The van der Waals surface area contributed by atoms with Gasteiger partial charge >= 0.3 is 0 Å². The van der Waals surface area contributed by atoms with E-state index in [0.717, 1.165) is 0 Å². The van der Waals surface area contributed by atoms with Gasteiger partial charge in [-0.25, -0.2) is 26.0 Å². The van der Waals surface area contributed by atoms with Gasteiger partial charge in [0.2, 0.25) is 18.5 Å². The number of rotatable bonds is 4. The Morgan fingerprint density at radius 3 is 1.94 bits per heavy atom. The SMILES string of the molecule is O=S(=O)(CBr)c1c(F)c(F)c(F)c(F)c1OCF. The van der Waals surface area contributed by atoms with Gasteiger partial charge in [-0.1, -0.05) is 15.9 Å². The van der Waals surface area contributed by atoms with Crippen LogP contribution in [0.5, 0.6) is 5.75 Å². The number of hydrogen-bond acceptors (Lipinski definition) is 3. The zero-order chi connectivity index (χ0) is 14.1. The Kier molecular flexibility index (Phi) is 4.54. The van der Waals surface area contributed by atoms with Crippen molar-refractivity contribution in [2.75, 3.05) is 11.5 Å². The van der Waals surface area contributed by atoms with Crippen molar-refractivity contribution in [1.29, 1.82) is 0 Å². The van der Waals surface area contributed by atoms with E-state index >= 15 is 0 Å². The summed E-state index contributed by atoms with van der Waals surface area (Å²) in [6, 6.07) is 0. The standard InChI is InChI=1S/C8H4BrF5O3S/c9-1-18(15,16)8-6(14)4(12)3(11)5(13)7(8)17-2-10/h1-2H2. The summed E-state index contributed by atoms with van der Waals surface area (Å²) in [7, 11) is -4.54. The molecule has 0 aliphatic carbocycles. The lowest BCUT2D eigenvalue weighted by Crippen LogP contribution is -2.13. The lowest BCUT2D eigenvalue weighted by molar-refractivity contribution is 0.174. The summed E-state index contributed by atoms with van der Waals surface area (Å²) in [5.74, 6) is -10.4. The van der Waals surface area contributed by atoms with Gasteiger partial charge in [-0.3, -0.25) is 0 Å². The molecule has 0 heterocycles. The van der Waals surface area contributed by atoms with Gasteiger partial charge in [0.25, 0.3) is 0 Å². The van der Waals surface area contributed by atoms with Gasteiger partial charge < -0.3 is 4.74 Å². The molecule has 0 atom stereocenters. The molecule has 0 amide bonds. The molecule has 1 aromatic carbocycles. The van der Waals surface area contributed by atoms with Crippen LogP contribution in [0.25, 0.3) is 0 Å². The molecule has 10 heteroatoms. The summed E-state index contributed by atoms with van der Waals surface area (Å²) in [5, 5.41) is 0. The van der Waals surface area contributed by atoms with Crippen LogP contribution in [-0.4, -0.2) is 19.9 Å². The van der Waals surface area contributed by atoms with Crippen LogP contribution in [0.3, 0.4) is 0 Å². The zero-order valence-corrected chi connectivity index (χ0v) is 10.7. The predicted octanol–water partition coefficient (Wildman–Crippen LogP) is 2.67. The van der Waals surface area contributed by atoms with Gasteiger partial charge in [0.15, 0.2) is 32.1 Å². The molecule has 102 valence electrons. The van der Waals surface area contributed by atoms with E-state index in [2.05, 4.69) is 20.7 Å². The molecule has 1 rings (SSSR count). The molecule has 3 nitrogen and oxygen atoms in total. The number of alkyl halides is 2. The van der Waals surface area contributed by atoms with Crippen LogP contribution in [0.1, 0.15) is 0 Å². The summed E-state index contributed by atoms with van der Waals surface area (Å²) in [4.78, 5) is -1.58. The molecule has 0 fully saturated rings. The molecular weight excluding hydrogens is 351 g/mol. The highest BCUT2D eigenvalue weighted by Crippen LogP contribution is 2.35. The molecule has 0 unspecified atom stereocenters. The van der Waals surface area contributed by atoms with E-state index in [9.17, 15) is 30.4 Å². The molecule has 0 spiro atoms. The third-order valence-electron chi connectivity index (χ3n) is 1.84. The Balaban J connectivity index is 3.78. The predicted molar refractivity (Wildman–Crippen MR) is 53.9 cm³/mol. The first kappa shape index (κ1) is 15.2. The Hall–Kier alpha value is -0.900. The number of halogens is 6. The normalized spacial score (nSPS) is 11.7. The third kappa shape index (κ3) is 2.44. The van der Waals surface area contributed by atoms with Crippen LogP contribution in [0.2, 0.25) is 0 Å². The van der Waals surface area contributed by atoms with Crippen LogP contribution in [0.15, 0.2) is 4.90 Å². The fraction of sp³-hybridized carbons (Fsp3) is 0.250. The average Bonchev–Trinajstić information content (AvgIpc) is 2.33. The van der Waals surface area contributed by atoms with Crippen molar-refractivity contribution < 1.29 is 35.1 Å². The van der Waals surface area contributed by atoms with E-state index in [1.165, 1.54) is 0 Å². The second-order valence-corrected chi connectivity index (χ2v) is 6.12. The first-order chi connectivity index (χ1) is 8.27. The first-order valence-electron chi connectivity index (χ1n) is 4.11. The maximum absolute atomic E-state index is 13.3. The minimum Gasteiger partial charge on any atom is -0.458 e. The van der Waals surface area contributed by atoms with Crippen LogP contribution in [-0.2, 0) is 9.84 Å². The molecule has 0 saturated heterocycles. The van der Waals surface area contributed by atoms with Crippen molar-refractivity contribution in [1.82, 2.24) is 0 Å². The molecule has 18 heavy (non-hydrogen) atoms. The van der Waals surface area contributed by atoms with Crippen molar-refractivity contribution >= 4 is 25.8 Å². The molecule has 0 aromatic heterocycles. The Bertz CT molecular complexity index is 575. The van der Waals surface area contributed by atoms with Gasteiger partial charge in [0, 0.05) is 0 Å². The van der Waals surface area contributed by atoms with E-state index in [0.29, 0.717) is 0 Å². The number of ether oxygens (including phenoxy) is 1. The Morgan fingerprint density at radius 2 is 1.50 bits per heavy atom. The van der Waals surface area contributed by atoms with Gasteiger partial charge in [-0.15, -0.1) is 0 Å². The van der Waals surface area contributed by atoms with Crippen LogP contribution in [0.4, 0.5) is 22.0 Å². The highest BCUT2D eigenvalue weighted by atomic mass is 79.9. The number of benzene rings is 1. The van der Waals surface area contributed by atoms with Crippen LogP contribution >= 0.6 is 15.9 Å². The summed E-state index contributed by atoms with van der Waals surface area (Å²) in [6.07, 6.45) is 0. The Morgan fingerprint density at radius 1 is 1.00 bits per heavy atom. The Labute approximate surface area is 107 Å². The van der Waals surface area contributed by atoms with Crippen molar-refractivity contribution in [3.63, 3.8) is 0 Å². The summed E-state index contributed by atoms with van der Waals surface area (Å²) in [6.45, 7) is -1.74. The van der Waals surface area contributed by atoms with Crippen LogP contribution < -0.4 is 4.74 Å². The van der Waals surface area contributed by atoms with Gasteiger partial charge in [-0.2, -0.15) is 4.39 Å². The molecule has 0 saturated carbocycles. The fourth-order valence-corrected chi connectivity index (χ4v) is 2.70. The fourth-order valence-electron chi connectivity index (χ4n) is 1.11. The highest BCUT2D eigenvalue weighted by molar-refractivity contribution is 9.10. The lowest BCUT2D eigenvalue weighted by atomic mass is 10.3. The van der Waals surface area contributed by atoms with E-state index < -0.39 is 55.3 Å². The maximum atomic E-state index is 13.3. The topological polar surface area (TPSA) is 43.4 Å². The molecule has 0 radical (unpaired) electrons. The molecule has 0 bridgehead atoms. The number of sulfone groups is 1. The summed E-state index contributed by atoms with van der Waals surface area (Å²) in [5.41, 5.74) is 0. The van der Waals surface area contributed by atoms with Crippen LogP contribution in [0, 0.1) is 23.3 Å². The lowest BCUT2D eigenvalue weighted by Gasteiger charge is -2.11. The van der Waals surface area contributed by atoms with Crippen molar-refractivity contribution in [2.24, 2.45) is 0 Å². The van der Waals surface area contributed by atoms with Crippen molar-refractivity contribution in [3.8, 4) is 5.75 Å². The maximum Gasteiger partial charge on any atom is 0.228 e. The smallest absolute Gasteiger partial charge is 0.228 e. The average molecular weight is 355 g/mol. The van der Waals surface area contributed by atoms with E-state index in [-0.39, 0.29) is 0 Å². The first-order valence-corrected chi connectivity index (χ1v) is 6.88. The monoisotopic (exact) mass is 354 g/mol. The molecule has 0 N–H and O–H groups in total. The minimum atomic E-state index is -4.54. The number of hydrogen-bond donors (Lipinski definition) is 0. The zero-order valence-electron chi connectivity index (χ0n) is 8.31. The quantitative estimate of drug-likeness (QED) is 0.274. The van der Waals surface area contributed by atoms with Crippen molar-refractivity contribution in [3.05, 3.63) is 23.3 Å². The third-order valence-corrected chi connectivity index (χ3v) is 4.92. The van der Waals surface area contributed by atoms with E-state index in [1.807, 2.05) is 0 Å². The van der Waals surface area contributed by atoms with Gasteiger partial charge in [-0.05, 0) is 0 Å². The van der Waals surface area contributed by atoms with Gasteiger partial charge in [0.1, 0.15) is 4.66 Å². The molecule has 0 aliphatic rings. The highest BCUT2D eigenvalue weighted by Gasteiger charge is 2.33. The largest absolute Gasteiger partial charge is 0.458 e. The summed E-state index contributed by atoms with van der Waals surface area (Å²) >= 11 is 2.45. The second kappa shape index (κ2) is 5.39. The van der Waals surface area contributed by atoms with E-state index in [1.54, 1.807) is 0 Å².